The van der Waals surface area contributed by atoms with Gasteiger partial charge in [0.2, 0.25) is 0 Å². The molecule has 0 heterocycles. The van der Waals surface area contributed by atoms with Crippen LogP contribution in [0.4, 0.5) is 4.39 Å². The van der Waals surface area contributed by atoms with E-state index in [9.17, 15) is 9.18 Å². The van der Waals surface area contributed by atoms with Gasteiger partial charge in [0, 0.05) is 6.07 Å². The molecule has 1 aromatic carbocycles. The number of carboxylic acids is 1. The van der Waals surface area contributed by atoms with E-state index in [1.807, 2.05) is 0 Å². The first-order chi connectivity index (χ1) is 7.77. The summed E-state index contributed by atoms with van der Waals surface area (Å²) in [6.07, 6.45) is 0.134. The molecule has 0 saturated carbocycles. The SMILES string of the molecule is COc1cc(F)cc(CC(C)(C)C(=O)O)c1Cl. The topological polar surface area (TPSA) is 46.5 Å². The minimum atomic E-state index is -1.01. The number of hydrogen-bond donors (Lipinski definition) is 1. The molecule has 0 atom stereocenters. The quantitative estimate of drug-likeness (QED) is 0.905. The summed E-state index contributed by atoms with van der Waals surface area (Å²) >= 11 is 6.01. The van der Waals surface area contributed by atoms with Crippen molar-refractivity contribution < 1.29 is 19.0 Å². The van der Waals surface area contributed by atoms with Crippen LogP contribution in [0.25, 0.3) is 0 Å². The first kappa shape index (κ1) is 13.8. The van der Waals surface area contributed by atoms with Crippen molar-refractivity contribution in [3.05, 3.63) is 28.5 Å². The monoisotopic (exact) mass is 260 g/mol. The van der Waals surface area contributed by atoms with Crippen LogP contribution < -0.4 is 4.74 Å². The maximum Gasteiger partial charge on any atom is 0.309 e. The van der Waals surface area contributed by atoms with Crippen molar-refractivity contribution >= 4 is 17.6 Å². The van der Waals surface area contributed by atoms with E-state index in [4.69, 9.17) is 21.4 Å². The second-order valence-corrected chi connectivity index (χ2v) is 4.82. The molecule has 0 fully saturated rings. The van der Waals surface area contributed by atoms with Crippen LogP contribution in [0, 0.1) is 11.2 Å². The highest BCUT2D eigenvalue weighted by molar-refractivity contribution is 6.32. The summed E-state index contributed by atoms with van der Waals surface area (Å²) < 4.78 is 18.2. The molecule has 17 heavy (non-hydrogen) atoms. The van der Waals surface area contributed by atoms with E-state index in [2.05, 4.69) is 0 Å². The molecule has 0 saturated heterocycles. The molecule has 0 aliphatic carbocycles. The van der Waals surface area contributed by atoms with Crippen molar-refractivity contribution in [3.8, 4) is 5.75 Å². The van der Waals surface area contributed by atoms with Gasteiger partial charge >= 0.3 is 5.97 Å². The molecule has 0 unspecified atom stereocenters. The van der Waals surface area contributed by atoms with E-state index in [0.717, 1.165) is 0 Å². The molecule has 3 nitrogen and oxygen atoms in total. The van der Waals surface area contributed by atoms with Gasteiger partial charge in [0.1, 0.15) is 11.6 Å². The van der Waals surface area contributed by atoms with E-state index >= 15 is 0 Å². The van der Waals surface area contributed by atoms with Crippen LogP contribution in [0.1, 0.15) is 19.4 Å². The predicted molar refractivity (Wildman–Crippen MR) is 63.1 cm³/mol. The summed E-state index contributed by atoms with van der Waals surface area (Å²) in [5.74, 6) is -1.25. The van der Waals surface area contributed by atoms with Crippen LogP contribution in [-0.2, 0) is 11.2 Å². The highest BCUT2D eigenvalue weighted by Gasteiger charge is 2.29. The molecule has 1 aromatic rings. The van der Waals surface area contributed by atoms with Gasteiger partial charge in [-0.2, -0.15) is 0 Å². The maximum absolute atomic E-state index is 13.3. The third kappa shape index (κ3) is 3.09. The van der Waals surface area contributed by atoms with E-state index in [1.165, 1.54) is 19.2 Å². The molecular formula is C12H14ClFO3. The molecule has 0 aromatic heterocycles. The molecule has 0 radical (unpaired) electrons. The lowest BCUT2D eigenvalue weighted by atomic mass is 9.86. The van der Waals surface area contributed by atoms with E-state index in [1.54, 1.807) is 13.8 Å². The number of carbonyl (C=O) groups is 1. The Morgan fingerprint density at radius 3 is 2.59 bits per heavy atom. The van der Waals surface area contributed by atoms with Gasteiger partial charge in [-0.1, -0.05) is 11.6 Å². The zero-order valence-electron chi connectivity index (χ0n) is 9.88. The van der Waals surface area contributed by atoms with Crippen LogP contribution in [-0.4, -0.2) is 18.2 Å². The fourth-order valence-electron chi connectivity index (χ4n) is 1.45. The second-order valence-electron chi connectivity index (χ2n) is 4.45. The number of ether oxygens (including phenoxy) is 1. The lowest BCUT2D eigenvalue weighted by Crippen LogP contribution is -2.26. The minimum absolute atomic E-state index is 0.134. The number of carboxylic acid groups (broad SMARTS) is 1. The van der Waals surface area contributed by atoms with Gasteiger partial charge in [0.25, 0.3) is 0 Å². The summed E-state index contributed by atoms with van der Waals surface area (Å²) in [5.41, 5.74) is -0.585. The molecule has 0 aliphatic heterocycles. The first-order valence-corrected chi connectivity index (χ1v) is 5.41. The minimum Gasteiger partial charge on any atom is -0.495 e. The standard InChI is InChI=1S/C12H14ClFO3/c1-12(2,11(15)16)6-7-4-8(14)5-9(17-3)10(7)13/h4-5H,6H2,1-3H3,(H,15,16). The summed E-state index contributed by atoms with van der Waals surface area (Å²) in [7, 11) is 1.38. The zero-order chi connectivity index (χ0) is 13.2. The Bertz CT molecular complexity index is 444. The largest absolute Gasteiger partial charge is 0.495 e. The molecule has 1 N–H and O–H groups in total. The van der Waals surface area contributed by atoms with Crippen molar-refractivity contribution in [2.24, 2.45) is 5.41 Å². The third-order valence-electron chi connectivity index (χ3n) is 2.51. The molecule has 1 rings (SSSR count). The zero-order valence-corrected chi connectivity index (χ0v) is 10.6. The number of methoxy groups -OCH3 is 1. The van der Waals surface area contributed by atoms with Gasteiger partial charge < -0.3 is 9.84 Å². The molecule has 0 amide bonds. The van der Waals surface area contributed by atoms with Crippen molar-refractivity contribution in [2.45, 2.75) is 20.3 Å². The Morgan fingerprint density at radius 2 is 2.12 bits per heavy atom. The summed E-state index contributed by atoms with van der Waals surface area (Å²) in [6, 6.07) is 2.40. The Labute approximate surface area is 104 Å². The van der Waals surface area contributed by atoms with Gasteiger partial charge in [-0.15, -0.1) is 0 Å². The third-order valence-corrected chi connectivity index (χ3v) is 2.94. The average molecular weight is 261 g/mol. The Kier molecular flexibility index (Phi) is 3.98. The maximum atomic E-state index is 13.3. The Balaban J connectivity index is 3.15. The van der Waals surface area contributed by atoms with Crippen LogP contribution in [0.15, 0.2) is 12.1 Å². The molecular weight excluding hydrogens is 247 g/mol. The van der Waals surface area contributed by atoms with E-state index < -0.39 is 17.2 Å². The van der Waals surface area contributed by atoms with Crippen molar-refractivity contribution in [3.63, 3.8) is 0 Å². The number of aliphatic carboxylic acids is 1. The van der Waals surface area contributed by atoms with Gasteiger partial charge in [0.15, 0.2) is 0 Å². The summed E-state index contributed by atoms with van der Waals surface area (Å²) in [5, 5.41) is 9.27. The van der Waals surface area contributed by atoms with Gasteiger partial charge in [-0.25, -0.2) is 4.39 Å². The average Bonchev–Trinajstić information content (AvgIpc) is 2.22. The fraction of sp³-hybridized carbons (Fsp3) is 0.417. The van der Waals surface area contributed by atoms with Crippen LogP contribution in [0.2, 0.25) is 5.02 Å². The molecule has 94 valence electrons. The predicted octanol–water partition coefficient (Wildman–Crippen LogP) is 3.14. The molecule has 0 aliphatic rings. The van der Waals surface area contributed by atoms with E-state index in [0.29, 0.717) is 5.56 Å². The fourth-order valence-corrected chi connectivity index (χ4v) is 1.70. The van der Waals surface area contributed by atoms with Gasteiger partial charge in [0.05, 0.1) is 17.5 Å². The van der Waals surface area contributed by atoms with Gasteiger partial charge in [-0.05, 0) is 31.9 Å². The van der Waals surface area contributed by atoms with Crippen molar-refractivity contribution in [1.29, 1.82) is 0 Å². The van der Waals surface area contributed by atoms with Crippen LogP contribution in [0.5, 0.6) is 5.75 Å². The van der Waals surface area contributed by atoms with Crippen molar-refractivity contribution in [1.82, 2.24) is 0 Å². The number of hydrogen-bond acceptors (Lipinski definition) is 2. The highest BCUT2D eigenvalue weighted by atomic mass is 35.5. The number of rotatable bonds is 4. The molecule has 0 spiro atoms. The Morgan fingerprint density at radius 1 is 1.53 bits per heavy atom. The van der Waals surface area contributed by atoms with E-state index in [-0.39, 0.29) is 17.2 Å². The molecule has 5 heteroatoms. The smallest absolute Gasteiger partial charge is 0.309 e. The Hall–Kier alpha value is -1.29. The summed E-state index contributed by atoms with van der Waals surface area (Å²) in [6.45, 7) is 3.12. The normalized spacial score (nSPS) is 11.4. The summed E-state index contributed by atoms with van der Waals surface area (Å²) in [4.78, 5) is 11.0. The number of benzene rings is 1. The highest BCUT2D eigenvalue weighted by Crippen LogP contribution is 2.33. The van der Waals surface area contributed by atoms with Gasteiger partial charge in [-0.3, -0.25) is 4.79 Å². The lowest BCUT2D eigenvalue weighted by molar-refractivity contribution is -0.146. The second kappa shape index (κ2) is 4.92. The van der Waals surface area contributed by atoms with Crippen LogP contribution in [0.3, 0.4) is 0 Å². The van der Waals surface area contributed by atoms with Crippen molar-refractivity contribution in [2.75, 3.05) is 7.11 Å². The van der Waals surface area contributed by atoms with Crippen LogP contribution >= 0.6 is 11.6 Å². The first-order valence-electron chi connectivity index (χ1n) is 5.03. The number of halogens is 2. The lowest BCUT2D eigenvalue weighted by Gasteiger charge is -2.20. The molecule has 0 bridgehead atoms.